The molecule has 6 heteroatoms. The molecule has 3 heterocycles. The van der Waals surface area contributed by atoms with Crippen molar-refractivity contribution in [3.63, 3.8) is 0 Å². The minimum atomic E-state index is 0.660. The minimum absolute atomic E-state index is 0.660. The summed E-state index contributed by atoms with van der Waals surface area (Å²) >= 11 is 0. The lowest BCUT2D eigenvalue weighted by molar-refractivity contribution is 0.122. The first-order valence-electron chi connectivity index (χ1n) is 7.86. The number of anilines is 1. The molecule has 6 nitrogen and oxygen atoms in total. The molecule has 0 amide bonds. The molecular formula is C17H19N3O3. The van der Waals surface area contributed by atoms with Crippen LogP contribution in [-0.2, 0) is 11.2 Å². The molecule has 0 unspecified atom stereocenters. The average molecular weight is 313 g/mol. The van der Waals surface area contributed by atoms with E-state index in [0.29, 0.717) is 31.6 Å². The van der Waals surface area contributed by atoms with Gasteiger partial charge in [-0.1, -0.05) is 12.1 Å². The number of nitrogens with zero attached hydrogens (tertiary/aromatic N) is 3. The smallest absolute Gasteiger partial charge is 0.229 e. The Morgan fingerprint density at radius 1 is 1.13 bits per heavy atom. The Balaban J connectivity index is 1.79. The molecule has 0 aliphatic carbocycles. The fraction of sp³-hybridized carbons (Fsp3) is 0.412. The van der Waals surface area contributed by atoms with Gasteiger partial charge in [0.15, 0.2) is 0 Å². The predicted octanol–water partition coefficient (Wildman–Crippen LogP) is 1.92. The largest absolute Gasteiger partial charge is 0.497 e. The van der Waals surface area contributed by atoms with E-state index < -0.39 is 0 Å². The van der Waals surface area contributed by atoms with E-state index in [4.69, 9.17) is 19.2 Å². The van der Waals surface area contributed by atoms with Crippen LogP contribution in [0.15, 0.2) is 24.3 Å². The van der Waals surface area contributed by atoms with Gasteiger partial charge in [-0.05, 0) is 12.1 Å². The van der Waals surface area contributed by atoms with Crippen LogP contribution in [0.1, 0.15) is 5.56 Å². The molecular weight excluding hydrogens is 294 g/mol. The van der Waals surface area contributed by atoms with E-state index in [2.05, 4.69) is 9.88 Å². The Morgan fingerprint density at radius 3 is 2.83 bits per heavy atom. The number of aromatic nitrogens is 2. The second-order valence-corrected chi connectivity index (χ2v) is 5.59. The van der Waals surface area contributed by atoms with Crippen LogP contribution in [0.3, 0.4) is 0 Å². The quantitative estimate of drug-likeness (QED) is 0.863. The van der Waals surface area contributed by atoms with Crippen molar-refractivity contribution in [2.45, 2.75) is 6.42 Å². The number of benzene rings is 1. The topological polar surface area (TPSA) is 56.7 Å². The summed E-state index contributed by atoms with van der Waals surface area (Å²) in [5.74, 6) is 2.24. The molecule has 1 fully saturated rings. The summed E-state index contributed by atoms with van der Waals surface area (Å²) in [5, 5.41) is 0. The fourth-order valence-electron chi connectivity index (χ4n) is 2.96. The molecule has 0 radical (unpaired) electrons. The summed E-state index contributed by atoms with van der Waals surface area (Å²) in [7, 11) is 1.67. The Morgan fingerprint density at radius 2 is 2.00 bits per heavy atom. The van der Waals surface area contributed by atoms with Gasteiger partial charge in [-0.15, -0.1) is 0 Å². The zero-order chi connectivity index (χ0) is 15.6. The summed E-state index contributed by atoms with van der Waals surface area (Å²) in [4.78, 5) is 11.6. The summed E-state index contributed by atoms with van der Waals surface area (Å²) in [6, 6.07) is 7.97. The molecule has 2 aromatic rings. The van der Waals surface area contributed by atoms with Crippen LogP contribution >= 0.6 is 0 Å². The Bertz CT molecular complexity index is 714. The van der Waals surface area contributed by atoms with Crippen molar-refractivity contribution < 1.29 is 14.2 Å². The van der Waals surface area contributed by atoms with Gasteiger partial charge in [-0.3, -0.25) is 0 Å². The third-order valence-corrected chi connectivity index (χ3v) is 4.19. The first-order chi connectivity index (χ1) is 11.3. The monoisotopic (exact) mass is 313 g/mol. The second kappa shape index (κ2) is 6.04. The lowest BCUT2D eigenvalue weighted by atomic mass is 10.1. The van der Waals surface area contributed by atoms with E-state index in [0.717, 1.165) is 42.1 Å². The van der Waals surface area contributed by atoms with Crippen molar-refractivity contribution in [1.29, 1.82) is 0 Å². The van der Waals surface area contributed by atoms with Gasteiger partial charge in [0.25, 0.3) is 0 Å². The SMILES string of the molecule is COc1cccc(-c2nc(N3CCOCC3)nc3c2CCO3)c1. The number of hydrogen-bond donors (Lipinski definition) is 0. The molecule has 0 atom stereocenters. The van der Waals surface area contributed by atoms with Gasteiger partial charge in [0.2, 0.25) is 11.8 Å². The minimum Gasteiger partial charge on any atom is -0.497 e. The van der Waals surface area contributed by atoms with Gasteiger partial charge in [-0.25, -0.2) is 4.98 Å². The maximum absolute atomic E-state index is 5.71. The van der Waals surface area contributed by atoms with E-state index in [1.165, 1.54) is 0 Å². The zero-order valence-electron chi connectivity index (χ0n) is 13.1. The average Bonchev–Trinajstić information content (AvgIpc) is 3.10. The van der Waals surface area contributed by atoms with Gasteiger partial charge in [0.05, 0.1) is 32.6 Å². The maximum Gasteiger partial charge on any atom is 0.229 e. The van der Waals surface area contributed by atoms with Crippen molar-refractivity contribution in [3.05, 3.63) is 29.8 Å². The molecule has 0 spiro atoms. The first kappa shape index (κ1) is 14.3. The molecule has 1 aromatic heterocycles. The fourth-order valence-corrected chi connectivity index (χ4v) is 2.96. The summed E-state index contributed by atoms with van der Waals surface area (Å²) < 4.78 is 16.5. The Kier molecular flexibility index (Phi) is 3.75. The zero-order valence-corrected chi connectivity index (χ0v) is 13.1. The van der Waals surface area contributed by atoms with Crippen LogP contribution in [0.25, 0.3) is 11.3 Å². The number of fused-ring (bicyclic) bond motifs is 1. The van der Waals surface area contributed by atoms with Crippen LogP contribution in [0.4, 0.5) is 5.95 Å². The summed E-state index contributed by atoms with van der Waals surface area (Å²) in [5.41, 5.74) is 3.05. The van der Waals surface area contributed by atoms with E-state index in [-0.39, 0.29) is 0 Å². The summed E-state index contributed by atoms with van der Waals surface area (Å²) in [6.45, 7) is 3.67. The van der Waals surface area contributed by atoms with Gasteiger partial charge in [-0.2, -0.15) is 4.98 Å². The molecule has 4 rings (SSSR count). The first-order valence-corrected chi connectivity index (χ1v) is 7.86. The number of morpholine rings is 1. The Labute approximate surface area is 135 Å². The third kappa shape index (κ3) is 2.70. The molecule has 2 aliphatic rings. The lowest BCUT2D eigenvalue weighted by Crippen LogP contribution is -2.37. The normalized spacial score (nSPS) is 16.8. The van der Waals surface area contributed by atoms with E-state index in [1.54, 1.807) is 7.11 Å². The second-order valence-electron chi connectivity index (χ2n) is 5.59. The highest BCUT2D eigenvalue weighted by Crippen LogP contribution is 2.35. The van der Waals surface area contributed by atoms with Crippen LogP contribution in [0.5, 0.6) is 11.6 Å². The highest BCUT2D eigenvalue weighted by atomic mass is 16.5. The van der Waals surface area contributed by atoms with E-state index in [1.807, 2.05) is 24.3 Å². The highest BCUT2D eigenvalue weighted by molar-refractivity contribution is 5.68. The van der Waals surface area contributed by atoms with Gasteiger partial charge >= 0.3 is 0 Å². The van der Waals surface area contributed by atoms with Crippen LogP contribution < -0.4 is 14.4 Å². The number of rotatable bonds is 3. The van der Waals surface area contributed by atoms with E-state index >= 15 is 0 Å². The lowest BCUT2D eigenvalue weighted by Gasteiger charge is -2.27. The van der Waals surface area contributed by atoms with Crippen LogP contribution in [-0.4, -0.2) is 50.0 Å². The van der Waals surface area contributed by atoms with Crippen LogP contribution in [0.2, 0.25) is 0 Å². The molecule has 1 aromatic carbocycles. The summed E-state index contributed by atoms with van der Waals surface area (Å²) in [6.07, 6.45) is 0.839. The molecule has 0 N–H and O–H groups in total. The molecule has 23 heavy (non-hydrogen) atoms. The van der Waals surface area contributed by atoms with Crippen LogP contribution in [0, 0.1) is 0 Å². The number of ether oxygens (including phenoxy) is 3. The Hall–Kier alpha value is -2.34. The maximum atomic E-state index is 5.71. The molecule has 2 aliphatic heterocycles. The molecule has 1 saturated heterocycles. The molecule has 0 saturated carbocycles. The highest BCUT2D eigenvalue weighted by Gasteiger charge is 2.24. The van der Waals surface area contributed by atoms with Crippen molar-refractivity contribution in [2.24, 2.45) is 0 Å². The number of methoxy groups -OCH3 is 1. The van der Waals surface area contributed by atoms with Crippen molar-refractivity contribution in [2.75, 3.05) is 44.9 Å². The standard InChI is InChI=1S/C17H19N3O3/c1-21-13-4-2-3-12(11-13)15-14-5-8-23-16(14)19-17(18-15)20-6-9-22-10-7-20/h2-4,11H,5-10H2,1H3. The predicted molar refractivity (Wildman–Crippen MR) is 86.3 cm³/mol. The van der Waals surface area contributed by atoms with Crippen molar-refractivity contribution >= 4 is 5.95 Å². The van der Waals surface area contributed by atoms with E-state index in [9.17, 15) is 0 Å². The number of hydrogen-bond acceptors (Lipinski definition) is 6. The van der Waals surface area contributed by atoms with Gasteiger partial charge in [0.1, 0.15) is 5.75 Å². The van der Waals surface area contributed by atoms with Crippen molar-refractivity contribution in [3.8, 4) is 22.9 Å². The van der Waals surface area contributed by atoms with Gasteiger partial charge in [0, 0.05) is 30.6 Å². The molecule has 0 bridgehead atoms. The van der Waals surface area contributed by atoms with Gasteiger partial charge < -0.3 is 19.1 Å². The third-order valence-electron chi connectivity index (χ3n) is 4.19. The molecule has 120 valence electrons. The van der Waals surface area contributed by atoms with Crippen molar-refractivity contribution in [1.82, 2.24) is 9.97 Å².